The molecule has 1 heterocycles. The lowest BCUT2D eigenvalue weighted by Gasteiger charge is -2.42. The number of nitrogens with one attached hydrogen (secondary N) is 1. The van der Waals surface area contributed by atoms with Crippen molar-refractivity contribution in [1.29, 1.82) is 0 Å². The molecule has 1 atom stereocenters. The summed E-state index contributed by atoms with van der Waals surface area (Å²) < 4.78 is 6.88. The van der Waals surface area contributed by atoms with Crippen LogP contribution in [0, 0.1) is 5.92 Å². The Kier molecular flexibility index (Phi) is 4.82. The molecule has 6 rings (SSSR count). The summed E-state index contributed by atoms with van der Waals surface area (Å²) in [6, 6.07) is 31.2. The van der Waals surface area contributed by atoms with E-state index in [9.17, 15) is 0 Å². The predicted molar refractivity (Wildman–Crippen MR) is 130 cm³/mol. The average Bonchev–Trinajstić information content (AvgIpc) is 3.29. The zero-order valence-corrected chi connectivity index (χ0v) is 17.9. The molecule has 0 unspecified atom stereocenters. The quantitative estimate of drug-likeness (QED) is 0.418. The van der Waals surface area contributed by atoms with E-state index in [1.54, 1.807) is 0 Å². The fraction of sp³-hybridized carbons (Fsp3) is 0.286. The Bertz CT molecular complexity index is 1140. The summed E-state index contributed by atoms with van der Waals surface area (Å²) in [5, 5.41) is 8.96. The molecular formula is C28H28BNO. The first-order valence-electron chi connectivity index (χ1n) is 11.7. The van der Waals surface area contributed by atoms with Gasteiger partial charge in [-0.1, -0.05) is 104 Å². The molecule has 1 saturated carbocycles. The minimum Gasteiger partial charge on any atom is -0.409 e. The van der Waals surface area contributed by atoms with Gasteiger partial charge in [-0.2, -0.15) is 0 Å². The van der Waals surface area contributed by atoms with Crippen molar-refractivity contribution in [3.8, 4) is 0 Å². The SMILES string of the molecule is B1N[C@H](C2CCCCC2)C(c2cccc3ccccc23)(c2cccc3ccccc23)O1. The van der Waals surface area contributed by atoms with Crippen molar-refractivity contribution in [3.63, 3.8) is 0 Å². The Balaban J connectivity index is 1.66. The van der Waals surface area contributed by atoms with Crippen molar-refractivity contribution in [2.75, 3.05) is 0 Å². The average molecular weight is 405 g/mol. The van der Waals surface area contributed by atoms with Gasteiger partial charge in [0.25, 0.3) is 0 Å². The van der Waals surface area contributed by atoms with Gasteiger partial charge in [0.1, 0.15) is 5.60 Å². The van der Waals surface area contributed by atoms with Gasteiger partial charge in [0.05, 0.1) is 0 Å². The minimum absolute atomic E-state index is 0.268. The molecule has 2 fully saturated rings. The van der Waals surface area contributed by atoms with E-state index in [2.05, 4.69) is 90.2 Å². The van der Waals surface area contributed by atoms with Crippen LogP contribution < -0.4 is 5.23 Å². The highest BCUT2D eigenvalue weighted by atomic mass is 16.5. The molecule has 2 nitrogen and oxygen atoms in total. The first-order valence-corrected chi connectivity index (χ1v) is 11.7. The van der Waals surface area contributed by atoms with Crippen molar-refractivity contribution < 1.29 is 4.65 Å². The molecule has 0 radical (unpaired) electrons. The molecule has 1 aliphatic heterocycles. The van der Waals surface area contributed by atoms with E-state index in [4.69, 9.17) is 4.65 Å². The van der Waals surface area contributed by atoms with Crippen LogP contribution in [0.1, 0.15) is 43.2 Å². The summed E-state index contributed by atoms with van der Waals surface area (Å²) in [6.45, 7) is 0. The summed E-state index contributed by atoms with van der Waals surface area (Å²) in [6.07, 6.45) is 6.56. The monoisotopic (exact) mass is 405 g/mol. The highest BCUT2D eigenvalue weighted by Crippen LogP contribution is 2.49. The van der Waals surface area contributed by atoms with Crippen LogP contribution in [0.25, 0.3) is 21.5 Å². The van der Waals surface area contributed by atoms with Gasteiger partial charge in [0.15, 0.2) is 0 Å². The van der Waals surface area contributed by atoms with Gasteiger partial charge in [0.2, 0.25) is 0 Å². The second kappa shape index (κ2) is 7.82. The second-order valence-corrected chi connectivity index (χ2v) is 9.16. The Hall–Kier alpha value is -2.62. The van der Waals surface area contributed by atoms with E-state index in [0.717, 1.165) is 0 Å². The first-order chi connectivity index (χ1) is 15.4. The summed E-state index contributed by atoms with van der Waals surface area (Å²) in [5.74, 6) is 0.620. The third-order valence-corrected chi connectivity index (χ3v) is 7.54. The third kappa shape index (κ3) is 3.02. The van der Waals surface area contributed by atoms with Gasteiger partial charge in [-0.15, -0.1) is 0 Å². The van der Waals surface area contributed by atoms with Gasteiger partial charge < -0.3 is 9.88 Å². The van der Waals surface area contributed by atoms with Crippen molar-refractivity contribution in [3.05, 3.63) is 96.1 Å². The van der Waals surface area contributed by atoms with Crippen LogP contribution in [0.3, 0.4) is 0 Å². The Morgan fingerprint density at radius 1 is 0.677 bits per heavy atom. The molecule has 0 aromatic heterocycles. The number of fused-ring (bicyclic) bond motifs is 2. The normalized spacial score (nSPS) is 21.4. The topological polar surface area (TPSA) is 21.3 Å². The van der Waals surface area contributed by atoms with Gasteiger partial charge in [-0.3, -0.25) is 0 Å². The molecule has 4 aromatic rings. The Labute approximate surface area is 184 Å². The standard InChI is InChI=1S/C28H28BNO/c1-2-12-22(13-3-1)27-28(31-29-30-27,25-18-8-14-20-10-4-6-16-23(20)25)26-19-9-15-21-11-5-7-17-24(21)26/h4-11,14-19,22,27,29-30H,1-3,12-13H2/t27-/m1/s1. The maximum absolute atomic E-state index is 6.88. The fourth-order valence-corrected chi connectivity index (χ4v) is 6.18. The minimum atomic E-state index is -0.496. The molecule has 3 heteroatoms. The van der Waals surface area contributed by atoms with Crippen molar-refractivity contribution in [2.24, 2.45) is 5.92 Å². The zero-order chi connectivity index (χ0) is 20.7. The summed E-state index contributed by atoms with van der Waals surface area (Å²) >= 11 is 0. The highest BCUT2D eigenvalue weighted by Gasteiger charge is 2.51. The van der Waals surface area contributed by atoms with E-state index >= 15 is 0 Å². The molecular weight excluding hydrogens is 377 g/mol. The Morgan fingerprint density at radius 3 is 1.84 bits per heavy atom. The molecule has 4 aromatic carbocycles. The van der Waals surface area contributed by atoms with E-state index < -0.39 is 5.60 Å². The number of hydrogen-bond donors (Lipinski definition) is 1. The second-order valence-electron chi connectivity index (χ2n) is 9.16. The van der Waals surface area contributed by atoms with Crippen LogP contribution >= 0.6 is 0 Å². The van der Waals surface area contributed by atoms with Crippen LogP contribution in [0.5, 0.6) is 0 Å². The molecule has 1 saturated heterocycles. The van der Waals surface area contributed by atoms with Crippen LogP contribution in [-0.4, -0.2) is 13.7 Å². The lowest BCUT2D eigenvalue weighted by molar-refractivity contribution is 0.0832. The van der Waals surface area contributed by atoms with E-state index in [0.29, 0.717) is 13.5 Å². The number of hydrogen-bond acceptors (Lipinski definition) is 2. The van der Waals surface area contributed by atoms with Gasteiger partial charge in [-0.05, 0) is 51.4 Å². The number of benzene rings is 4. The van der Waals surface area contributed by atoms with E-state index in [1.165, 1.54) is 64.8 Å². The van der Waals surface area contributed by atoms with Crippen LogP contribution in [0.15, 0.2) is 84.9 Å². The first kappa shape index (κ1) is 19.1. The lowest BCUT2D eigenvalue weighted by Crippen LogP contribution is -2.48. The van der Waals surface area contributed by atoms with Gasteiger partial charge >= 0.3 is 7.62 Å². The molecule has 154 valence electrons. The van der Waals surface area contributed by atoms with Gasteiger partial charge in [-0.25, -0.2) is 0 Å². The summed E-state index contributed by atoms with van der Waals surface area (Å²) in [5.41, 5.74) is 2.09. The lowest BCUT2D eigenvalue weighted by atomic mass is 9.69. The van der Waals surface area contributed by atoms with E-state index in [-0.39, 0.29) is 6.04 Å². The van der Waals surface area contributed by atoms with Gasteiger partial charge in [0, 0.05) is 6.04 Å². The largest absolute Gasteiger partial charge is 0.409 e. The summed E-state index contributed by atoms with van der Waals surface area (Å²) in [4.78, 5) is 0. The maximum Gasteiger partial charge on any atom is 0.362 e. The molecule has 0 bridgehead atoms. The zero-order valence-electron chi connectivity index (χ0n) is 17.9. The van der Waals surface area contributed by atoms with Crippen molar-refractivity contribution >= 4 is 29.2 Å². The van der Waals surface area contributed by atoms with Crippen molar-refractivity contribution in [2.45, 2.75) is 43.7 Å². The van der Waals surface area contributed by atoms with Crippen LogP contribution in [0.4, 0.5) is 0 Å². The smallest absolute Gasteiger partial charge is 0.362 e. The van der Waals surface area contributed by atoms with Crippen molar-refractivity contribution in [1.82, 2.24) is 5.23 Å². The third-order valence-electron chi connectivity index (χ3n) is 7.54. The van der Waals surface area contributed by atoms with E-state index in [1.807, 2.05) is 0 Å². The highest BCUT2D eigenvalue weighted by molar-refractivity contribution is 6.25. The molecule has 1 N–H and O–H groups in total. The molecule has 1 aliphatic carbocycles. The Morgan fingerprint density at radius 2 is 1.23 bits per heavy atom. The van der Waals surface area contributed by atoms with Crippen LogP contribution in [0.2, 0.25) is 0 Å². The molecule has 2 aliphatic rings. The molecule has 0 amide bonds. The number of rotatable bonds is 3. The molecule has 0 spiro atoms. The summed E-state index contributed by atoms with van der Waals surface area (Å²) in [7, 11) is 0.591. The fourth-order valence-electron chi connectivity index (χ4n) is 6.18. The van der Waals surface area contributed by atoms with Crippen LogP contribution in [-0.2, 0) is 10.3 Å². The molecule has 31 heavy (non-hydrogen) atoms. The predicted octanol–water partition coefficient (Wildman–Crippen LogP) is 6.07. The maximum atomic E-state index is 6.88.